The Hall–Kier alpha value is 0.0200. The largest absolute Gasteiger partial charge is 0.299 e. The number of Topliss-reactive ketones (excluding diaryl/α,β-unsaturated/α-hetero) is 1. The van der Waals surface area contributed by atoms with Crippen LogP contribution in [0.2, 0.25) is 0 Å². The fourth-order valence-electron chi connectivity index (χ4n) is 6.21. The van der Waals surface area contributed by atoms with E-state index < -0.39 is 0 Å². The predicted molar refractivity (Wildman–Crippen MR) is 115 cm³/mol. The van der Waals surface area contributed by atoms with Gasteiger partial charge in [-0.15, -0.1) is 0 Å². The fraction of sp³-hybridized carbons (Fsp3) is 0.958. The van der Waals surface area contributed by atoms with Crippen molar-refractivity contribution in [3.63, 3.8) is 0 Å². The molecule has 0 spiro atoms. The molecule has 0 aromatic carbocycles. The molecule has 3 aliphatic rings. The molecule has 4 atom stereocenters. The second kappa shape index (κ2) is 9.01. The number of hydrogen-bond donors (Lipinski definition) is 0. The minimum absolute atomic E-state index is 0.394. The highest BCUT2D eigenvalue weighted by Crippen LogP contribution is 2.58. The van der Waals surface area contributed by atoms with Crippen molar-refractivity contribution >= 4 is 17.5 Å². The maximum Gasteiger partial charge on any atom is 0.139 e. The van der Waals surface area contributed by atoms with Gasteiger partial charge in [0, 0.05) is 11.8 Å². The van der Waals surface area contributed by atoms with Crippen molar-refractivity contribution in [2.24, 2.45) is 28.6 Å². The van der Waals surface area contributed by atoms with Crippen LogP contribution in [-0.4, -0.2) is 17.8 Å². The second-order valence-corrected chi connectivity index (χ2v) is 11.4. The molecule has 0 heterocycles. The van der Waals surface area contributed by atoms with Gasteiger partial charge in [0.25, 0.3) is 0 Å². The lowest BCUT2D eigenvalue weighted by molar-refractivity contribution is -0.125. The van der Waals surface area contributed by atoms with E-state index in [4.69, 9.17) is 0 Å². The molecule has 3 rings (SSSR count). The summed E-state index contributed by atoms with van der Waals surface area (Å²) in [6.07, 6.45) is 20.8. The van der Waals surface area contributed by atoms with E-state index in [1.54, 1.807) is 0 Å². The van der Waals surface area contributed by atoms with Crippen LogP contribution in [-0.2, 0) is 4.79 Å². The molecule has 0 aliphatic heterocycles. The highest BCUT2D eigenvalue weighted by atomic mass is 32.2. The molecule has 3 saturated carbocycles. The Morgan fingerprint density at radius 2 is 1.73 bits per heavy atom. The van der Waals surface area contributed by atoms with E-state index in [0.29, 0.717) is 28.4 Å². The van der Waals surface area contributed by atoms with E-state index in [9.17, 15) is 4.79 Å². The summed E-state index contributed by atoms with van der Waals surface area (Å²) in [7, 11) is 0. The van der Waals surface area contributed by atoms with E-state index in [1.807, 2.05) is 11.8 Å². The quantitative estimate of drug-likeness (QED) is 0.326. The molecule has 0 aromatic heterocycles. The molecule has 0 amide bonds. The summed E-state index contributed by atoms with van der Waals surface area (Å²) in [4.78, 5) is 13.2. The van der Waals surface area contributed by atoms with Gasteiger partial charge in [0.15, 0.2) is 0 Å². The summed E-state index contributed by atoms with van der Waals surface area (Å²) >= 11 is 1.97. The first kappa shape index (κ1) is 20.7. The molecule has 0 saturated heterocycles. The zero-order chi connectivity index (χ0) is 18.6. The lowest BCUT2D eigenvalue weighted by Crippen LogP contribution is -2.26. The average Bonchev–Trinajstić information content (AvgIpc) is 3.44. The predicted octanol–water partition coefficient (Wildman–Crippen LogP) is 7.28. The average molecular weight is 379 g/mol. The first-order valence-electron chi connectivity index (χ1n) is 11.5. The van der Waals surface area contributed by atoms with Gasteiger partial charge < -0.3 is 0 Å². The third-order valence-corrected chi connectivity index (χ3v) is 8.95. The Kier molecular flexibility index (Phi) is 7.19. The van der Waals surface area contributed by atoms with Crippen LogP contribution in [0.25, 0.3) is 0 Å². The van der Waals surface area contributed by atoms with E-state index in [-0.39, 0.29) is 0 Å². The second-order valence-electron chi connectivity index (χ2n) is 10.5. The number of carbonyl (C=O) groups is 1. The third-order valence-electron chi connectivity index (χ3n) is 8.26. The number of carbonyl (C=O) groups excluding carboxylic acids is 1. The van der Waals surface area contributed by atoms with Gasteiger partial charge in [-0.05, 0) is 86.5 Å². The molecule has 0 bridgehead atoms. The van der Waals surface area contributed by atoms with Crippen molar-refractivity contribution in [1.82, 2.24) is 0 Å². The van der Waals surface area contributed by atoms with Crippen LogP contribution in [0.1, 0.15) is 104 Å². The SMILES string of the molecule is CSCCCCC1(C)CCCC(C(=O)C2CC2C2(C)CCCCC2)CC1. The Labute approximate surface area is 166 Å². The van der Waals surface area contributed by atoms with Crippen molar-refractivity contribution in [3.8, 4) is 0 Å². The highest BCUT2D eigenvalue weighted by Gasteiger charge is 2.54. The van der Waals surface area contributed by atoms with E-state index in [1.165, 1.54) is 95.6 Å². The van der Waals surface area contributed by atoms with Crippen molar-refractivity contribution in [2.45, 2.75) is 104 Å². The molecule has 1 nitrogen and oxygen atoms in total. The minimum Gasteiger partial charge on any atom is -0.299 e. The first-order valence-corrected chi connectivity index (χ1v) is 12.9. The summed E-state index contributed by atoms with van der Waals surface area (Å²) in [5, 5.41) is 0. The molecule has 4 unspecified atom stereocenters. The molecule has 0 aromatic rings. The van der Waals surface area contributed by atoms with Crippen LogP contribution >= 0.6 is 11.8 Å². The lowest BCUT2D eigenvalue weighted by atomic mass is 9.71. The van der Waals surface area contributed by atoms with Gasteiger partial charge in [0.05, 0.1) is 0 Å². The van der Waals surface area contributed by atoms with Crippen LogP contribution in [0.5, 0.6) is 0 Å². The van der Waals surface area contributed by atoms with Crippen LogP contribution in [0.4, 0.5) is 0 Å². The zero-order valence-corrected chi connectivity index (χ0v) is 18.5. The molecular formula is C24H42OS. The van der Waals surface area contributed by atoms with Crippen LogP contribution in [0.3, 0.4) is 0 Å². The van der Waals surface area contributed by atoms with E-state index in [2.05, 4.69) is 20.1 Å². The molecule has 0 N–H and O–H groups in total. The molecule has 2 heteroatoms. The Morgan fingerprint density at radius 3 is 2.46 bits per heavy atom. The summed E-state index contributed by atoms with van der Waals surface area (Å²) in [5.41, 5.74) is 1.00. The van der Waals surface area contributed by atoms with Gasteiger partial charge in [-0.2, -0.15) is 11.8 Å². The molecule has 3 fully saturated rings. The van der Waals surface area contributed by atoms with Gasteiger partial charge in [0.2, 0.25) is 0 Å². The van der Waals surface area contributed by atoms with Gasteiger partial charge in [-0.25, -0.2) is 0 Å². The van der Waals surface area contributed by atoms with Crippen molar-refractivity contribution in [1.29, 1.82) is 0 Å². The smallest absolute Gasteiger partial charge is 0.139 e. The van der Waals surface area contributed by atoms with Crippen LogP contribution in [0.15, 0.2) is 0 Å². The summed E-state index contributed by atoms with van der Waals surface area (Å²) < 4.78 is 0. The monoisotopic (exact) mass is 378 g/mol. The summed E-state index contributed by atoms with van der Waals surface area (Å²) in [5.74, 6) is 3.54. The first-order chi connectivity index (χ1) is 12.5. The van der Waals surface area contributed by atoms with E-state index >= 15 is 0 Å². The van der Waals surface area contributed by atoms with Crippen LogP contribution < -0.4 is 0 Å². The molecule has 26 heavy (non-hydrogen) atoms. The molecule has 150 valence electrons. The van der Waals surface area contributed by atoms with Gasteiger partial charge in [-0.1, -0.05) is 46.0 Å². The number of ketones is 1. The zero-order valence-electron chi connectivity index (χ0n) is 17.7. The van der Waals surface area contributed by atoms with Crippen molar-refractivity contribution in [3.05, 3.63) is 0 Å². The summed E-state index contributed by atoms with van der Waals surface area (Å²) in [6.45, 7) is 4.99. The third kappa shape index (κ3) is 5.09. The lowest BCUT2D eigenvalue weighted by Gasteiger charge is -2.34. The number of thioether (sulfide) groups is 1. The maximum atomic E-state index is 13.2. The van der Waals surface area contributed by atoms with Gasteiger partial charge >= 0.3 is 0 Å². The standard InChI is InChI=1S/C24H42OS/c1-23(12-7-8-17-26-3)13-9-10-19(11-16-23)22(25)20-18-21(20)24(2)14-5-4-6-15-24/h19-21H,4-18H2,1-3H3. The maximum absolute atomic E-state index is 13.2. The molecule has 0 radical (unpaired) electrons. The minimum atomic E-state index is 0.394. The Bertz CT molecular complexity index is 467. The topological polar surface area (TPSA) is 17.1 Å². The number of unbranched alkanes of at least 4 members (excludes halogenated alkanes) is 1. The molecular weight excluding hydrogens is 336 g/mol. The number of hydrogen-bond acceptors (Lipinski definition) is 2. The Balaban J connectivity index is 1.47. The van der Waals surface area contributed by atoms with Crippen molar-refractivity contribution in [2.75, 3.05) is 12.0 Å². The van der Waals surface area contributed by atoms with E-state index in [0.717, 1.165) is 5.92 Å². The van der Waals surface area contributed by atoms with Gasteiger partial charge in [0.1, 0.15) is 5.78 Å². The fourth-order valence-corrected chi connectivity index (χ4v) is 6.71. The van der Waals surface area contributed by atoms with Crippen molar-refractivity contribution < 1.29 is 4.79 Å². The molecule has 3 aliphatic carbocycles. The van der Waals surface area contributed by atoms with Crippen LogP contribution in [0, 0.1) is 28.6 Å². The summed E-state index contributed by atoms with van der Waals surface area (Å²) in [6, 6.07) is 0. The highest BCUT2D eigenvalue weighted by molar-refractivity contribution is 7.98. The Morgan fingerprint density at radius 1 is 0.962 bits per heavy atom. The normalized spacial score (nSPS) is 37.1. The van der Waals surface area contributed by atoms with Gasteiger partial charge in [-0.3, -0.25) is 4.79 Å². The number of rotatable bonds is 8.